The summed E-state index contributed by atoms with van der Waals surface area (Å²) in [7, 11) is 0. The van der Waals surface area contributed by atoms with Crippen LogP contribution in [0.1, 0.15) is 23.1 Å². The zero-order valence-electron chi connectivity index (χ0n) is 24.7. The van der Waals surface area contributed by atoms with Crippen LogP contribution in [0.3, 0.4) is 0 Å². The number of aromatic hydroxyl groups is 2. The van der Waals surface area contributed by atoms with Gasteiger partial charge in [0.05, 0.1) is 18.5 Å². The van der Waals surface area contributed by atoms with Crippen molar-refractivity contribution in [3.05, 3.63) is 95.7 Å². The third-order valence-corrected chi connectivity index (χ3v) is 7.36. The number of carboxylic acid groups (broad SMARTS) is 1. The number of amides is 3. The molecule has 13 nitrogen and oxygen atoms in total. The number of nitrogens with one attached hydrogen (secondary N) is 4. The van der Waals surface area contributed by atoms with E-state index in [0.29, 0.717) is 11.1 Å². The van der Waals surface area contributed by atoms with Crippen LogP contribution in [-0.4, -0.2) is 74.4 Å². The number of aldehydes is 1. The van der Waals surface area contributed by atoms with Crippen molar-refractivity contribution >= 4 is 40.9 Å². The van der Waals surface area contributed by atoms with E-state index < -0.39 is 54.3 Å². The molecule has 0 radical (unpaired) electrons. The maximum atomic E-state index is 13.8. The van der Waals surface area contributed by atoms with Gasteiger partial charge in [-0.2, -0.15) is 0 Å². The standard InChI is InChI=1S/C33H35N5O8/c34-26(15-21-17-35-27-4-2-1-3-25(21)27)31(44)37-29(14-20-7-11-24(41)12-8-20)33(46)38-28(13-19-5-9-23(40)10-6-19)32(45)36-22(18-39)16-30(42)43/h1-12,17-18,22,26,28-29,35,40-41H,13-16,34H2,(H,36,45)(H,37,44)(H,38,46)(H,42,43)/t22-,26-,28-,29-/m0/s1. The maximum absolute atomic E-state index is 13.8. The molecule has 0 saturated heterocycles. The lowest BCUT2D eigenvalue weighted by Gasteiger charge is -2.25. The third kappa shape index (κ3) is 9.16. The van der Waals surface area contributed by atoms with Gasteiger partial charge in [-0.15, -0.1) is 0 Å². The highest BCUT2D eigenvalue weighted by Gasteiger charge is 2.30. The number of fused-ring (bicyclic) bond motifs is 1. The minimum Gasteiger partial charge on any atom is -0.508 e. The number of nitrogens with two attached hydrogens (primary N) is 1. The van der Waals surface area contributed by atoms with Crippen LogP contribution in [0.5, 0.6) is 11.5 Å². The van der Waals surface area contributed by atoms with Gasteiger partial charge >= 0.3 is 5.97 Å². The van der Waals surface area contributed by atoms with Crippen molar-refractivity contribution in [3.8, 4) is 11.5 Å². The molecule has 4 atom stereocenters. The van der Waals surface area contributed by atoms with Gasteiger partial charge in [0.15, 0.2) is 0 Å². The average molecular weight is 630 g/mol. The Kier molecular flexibility index (Phi) is 11.1. The lowest BCUT2D eigenvalue weighted by Crippen LogP contribution is -2.58. The van der Waals surface area contributed by atoms with Crippen LogP contribution < -0.4 is 21.7 Å². The second kappa shape index (κ2) is 15.3. The highest BCUT2D eigenvalue weighted by atomic mass is 16.4. The van der Waals surface area contributed by atoms with E-state index in [0.717, 1.165) is 16.5 Å². The van der Waals surface area contributed by atoms with Crippen molar-refractivity contribution in [3.63, 3.8) is 0 Å². The van der Waals surface area contributed by atoms with Gasteiger partial charge in [-0.05, 0) is 53.4 Å². The number of H-pyrrole nitrogens is 1. The van der Waals surface area contributed by atoms with Gasteiger partial charge in [0.2, 0.25) is 17.7 Å². The first-order chi connectivity index (χ1) is 22.0. The summed E-state index contributed by atoms with van der Waals surface area (Å²) in [5, 5.41) is 37.0. The molecule has 1 heterocycles. The monoisotopic (exact) mass is 629 g/mol. The highest BCUT2D eigenvalue weighted by molar-refractivity contribution is 5.94. The fourth-order valence-corrected chi connectivity index (χ4v) is 4.94. The molecule has 0 spiro atoms. The Labute approximate surface area is 263 Å². The number of aromatic amines is 1. The molecule has 13 heteroatoms. The molecule has 9 N–H and O–H groups in total. The molecule has 0 saturated carbocycles. The third-order valence-electron chi connectivity index (χ3n) is 7.36. The van der Waals surface area contributed by atoms with Crippen molar-refractivity contribution in [2.75, 3.05) is 0 Å². The van der Waals surface area contributed by atoms with Crippen LogP contribution in [0.15, 0.2) is 79.0 Å². The quantitative estimate of drug-likeness (QED) is 0.0879. The number of hydrogen-bond donors (Lipinski definition) is 8. The Morgan fingerprint density at radius 2 is 1.26 bits per heavy atom. The molecule has 0 fully saturated rings. The molecule has 4 rings (SSSR count). The number of carboxylic acids is 1. The minimum absolute atomic E-state index is 0.00580. The van der Waals surface area contributed by atoms with Crippen molar-refractivity contribution in [2.24, 2.45) is 5.73 Å². The first kappa shape index (κ1) is 33.2. The molecule has 4 aromatic rings. The maximum Gasteiger partial charge on any atom is 0.305 e. The molecule has 0 aliphatic heterocycles. The van der Waals surface area contributed by atoms with E-state index >= 15 is 0 Å². The van der Waals surface area contributed by atoms with Crippen molar-refractivity contribution in [2.45, 2.75) is 49.9 Å². The lowest BCUT2D eigenvalue weighted by molar-refractivity contribution is -0.139. The Bertz CT molecular complexity index is 1690. The number of rotatable bonds is 15. The number of carbonyl (C=O) groups is 5. The lowest BCUT2D eigenvalue weighted by atomic mass is 10.0. The van der Waals surface area contributed by atoms with Gasteiger partial charge in [-0.25, -0.2) is 0 Å². The van der Waals surface area contributed by atoms with Gasteiger partial charge in [-0.3, -0.25) is 19.2 Å². The van der Waals surface area contributed by atoms with Crippen LogP contribution in [0, 0.1) is 0 Å². The first-order valence-corrected chi connectivity index (χ1v) is 14.5. The largest absolute Gasteiger partial charge is 0.508 e. The van der Waals surface area contributed by atoms with E-state index in [1.807, 2.05) is 24.3 Å². The molecule has 46 heavy (non-hydrogen) atoms. The Morgan fingerprint density at radius 1 is 0.739 bits per heavy atom. The zero-order valence-corrected chi connectivity index (χ0v) is 24.7. The Hall–Kier alpha value is -5.69. The highest BCUT2D eigenvalue weighted by Crippen LogP contribution is 2.19. The molecule has 240 valence electrons. The molecule has 0 unspecified atom stereocenters. The number of phenols is 2. The van der Waals surface area contributed by atoms with E-state index in [4.69, 9.17) is 10.8 Å². The van der Waals surface area contributed by atoms with Crippen molar-refractivity contribution in [1.29, 1.82) is 0 Å². The van der Waals surface area contributed by atoms with Crippen molar-refractivity contribution in [1.82, 2.24) is 20.9 Å². The van der Waals surface area contributed by atoms with Gasteiger partial charge in [-0.1, -0.05) is 42.5 Å². The van der Waals surface area contributed by atoms with Crippen LogP contribution in [0.4, 0.5) is 0 Å². The molecule has 0 bridgehead atoms. The van der Waals surface area contributed by atoms with E-state index in [-0.39, 0.29) is 37.0 Å². The molecule has 0 aliphatic rings. The second-order valence-corrected chi connectivity index (χ2v) is 10.9. The van der Waals surface area contributed by atoms with Crippen LogP contribution >= 0.6 is 0 Å². The number of phenolic OH excluding ortho intramolecular Hbond substituents is 2. The number of para-hydroxylation sites is 1. The van der Waals surface area contributed by atoms with E-state index in [1.54, 1.807) is 18.3 Å². The van der Waals surface area contributed by atoms with Gasteiger partial charge in [0.1, 0.15) is 29.9 Å². The smallest absolute Gasteiger partial charge is 0.305 e. The first-order valence-electron chi connectivity index (χ1n) is 14.5. The zero-order chi connectivity index (χ0) is 33.2. The number of hydrogen-bond acceptors (Lipinski definition) is 8. The second-order valence-electron chi connectivity index (χ2n) is 10.9. The Balaban J connectivity index is 1.55. The summed E-state index contributed by atoms with van der Waals surface area (Å²) in [6.45, 7) is 0. The summed E-state index contributed by atoms with van der Waals surface area (Å²) >= 11 is 0. The molecule has 1 aromatic heterocycles. The number of aromatic nitrogens is 1. The molecule has 3 aromatic carbocycles. The van der Waals surface area contributed by atoms with Gasteiger partial charge < -0.3 is 46.8 Å². The van der Waals surface area contributed by atoms with E-state index in [2.05, 4.69) is 20.9 Å². The summed E-state index contributed by atoms with van der Waals surface area (Å²) in [6, 6.07) is 14.5. The predicted molar refractivity (Wildman–Crippen MR) is 168 cm³/mol. The number of benzene rings is 3. The minimum atomic E-state index is -1.35. The topological polar surface area (TPSA) is 224 Å². The number of carbonyl (C=O) groups excluding carboxylic acids is 4. The fraction of sp³-hybridized carbons (Fsp3) is 0.242. The molecular formula is C33H35N5O8. The normalized spacial score (nSPS) is 13.6. The predicted octanol–water partition coefficient (Wildman–Crippen LogP) is 1.06. The summed E-state index contributed by atoms with van der Waals surface area (Å²) in [5.74, 6) is -3.52. The molecule has 3 amide bonds. The summed E-state index contributed by atoms with van der Waals surface area (Å²) in [5.41, 5.74) is 9.10. The average Bonchev–Trinajstić information content (AvgIpc) is 3.44. The van der Waals surface area contributed by atoms with E-state index in [9.17, 15) is 34.2 Å². The van der Waals surface area contributed by atoms with Crippen LogP contribution in [0.25, 0.3) is 10.9 Å². The summed E-state index contributed by atoms with van der Waals surface area (Å²) in [6.07, 6.45) is 1.45. The SMILES string of the molecule is N[C@@H](Cc1c[nH]c2ccccc12)C(=O)N[C@@H](Cc1ccc(O)cc1)C(=O)N[C@@H](Cc1ccc(O)cc1)C(=O)N[C@H](C=O)CC(=O)O. The van der Waals surface area contributed by atoms with Crippen LogP contribution in [0.2, 0.25) is 0 Å². The van der Waals surface area contributed by atoms with Crippen LogP contribution in [-0.2, 0) is 43.2 Å². The molecule has 0 aliphatic carbocycles. The summed E-state index contributed by atoms with van der Waals surface area (Å²) in [4.78, 5) is 66.1. The fourth-order valence-electron chi connectivity index (χ4n) is 4.94. The molecular weight excluding hydrogens is 594 g/mol. The Morgan fingerprint density at radius 3 is 1.80 bits per heavy atom. The van der Waals surface area contributed by atoms with Gasteiger partial charge in [0, 0.05) is 29.9 Å². The van der Waals surface area contributed by atoms with E-state index in [1.165, 1.54) is 36.4 Å². The van der Waals surface area contributed by atoms with Crippen molar-refractivity contribution < 1.29 is 39.3 Å². The number of aliphatic carboxylic acids is 1. The summed E-state index contributed by atoms with van der Waals surface area (Å²) < 4.78 is 0. The van der Waals surface area contributed by atoms with Gasteiger partial charge in [0.25, 0.3) is 0 Å².